The summed E-state index contributed by atoms with van der Waals surface area (Å²) >= 11 is 0. The van der Waals surface area contributed by atoms with E-state index >= 15 is 0 Å². The van der Waals surface area contributed by atoms with Gasteiger partial charge >= 0.3 is 6.01 Å². The van der Waals surface area contributed by atoms with Crippen LogP contribution in [0.25, 0.3) is 0 Å². The quantitative estimate of drug-likeness (QED) is 0.563. The second kappa shape index (κ2) is 7.94. The highest BCUT2D eigenvalue weighted by molar-refractivity contribution is 5.37. The lowest BCUT2D eigenvalue weighted by molar-refractivity contribution is 0.0482. The molecule has 0 aliphatic carbocycles. The van der Waals surface area contributed by atoms with Gasteiger partial charge in [0.05, 0.1) is 6.61 Å². The van der Waals surface area contributed by atoms with Gasteiger partial charge in [-0.2, -0.15) is 15.0 Å². The Hall–Kier alpha value is -1.67. The lowest BCUT2D eigenvalue weighted by Gasteiger charge is -2.22. The number of hydrogen-bond acceptors (Lipinski definition) is 8. The van der Waals surface area contributed by atoms with Crippen LogP contribution in [0, 0.1) is 5.92 Å². The minimum Gasteiger partial charge on any atom is -0.463 e. The van der Waals surface area contributed by atoms with Crippen molar-refractivity contribution in [3.05, 3.63) is 0 Å². The molecule has 118 valence electrons. The van der Waals surface area contributed by atoms with Crippen molar-refractivity contribution in [3.63, 3.8) is 0 Å². The molecule has 0 unspecified atom stereocenters. The van der Waals surface area contributed by atoms with Crippen LogP contribution in [0.4, 0.5) is 11.9 Å². The molecule has 0 atom stereocenters. The number of rotatable bonds is 7. The maximum absolute atomic E-state index is 5.73. The predicted molar refractivity (Wildman–Crippen MR) is 80.2 cm³/mol. The third kappa shape index (κ3) is 4.40. The Bertz CT molecular complexity index is 435. The number of hydrogen-bond donors (Lipinski definition) is 2. The number of nitrogens with zero attached hydrogens (tertiary/aromatic N) is 4. The van der Waals surface area contributed by atoms with E-state index in [2.05, 4.69) is 20.4 Å². The van der Waals surface area contributed by atoms with Crippen molar-refractivity contribution in [1.29, 1.82) is 0 Å². The Balaban J connectivity index is 2.04. The van der Waals surface area contributed by atoms with Crippen molar-refractivity contribution in [2.45, 2.75) is 26.7 Å². The average Bonchev–Trinajstić information content (AvgIpc) is 2.55. The van der Waals surface area contributed by atoms with Crippen molar-refractivity contribution in [1.82, 2.24) is 15.0 Å². The third-order valence-corrected chi connectivity index (χ3v) is 3.57. The van der Waals surface area contributed by atoms with Crippen molar-refractivity contribution < 1.29 is 9.47 Å². The molecule has 21 heavy (non-hydrogen) atoms. The van der Waals surface area contributed by atoms with E-state index in [-0.39, 0.29) is 0 Å². The van der Waals surface area contributed by atoms with Crippen molar-refractivity contribution in [2.75, 3.05) is 43.2 Å². The van der Waals surface area contributed by atoms with E-state index in [9.17, 15) is 0 Å². The van der Waals surface area contributed by atoms with Crippen molar-refractivity contribution in [3.8, 4) is 6.01 Å². The van der Waals surface area contributed by atoms with Gasteiger partial charge in [0.25, 0.3) is 0 Å². The molecule has 0 aromatic carbocycles. The van der Waals surface area contributed by atoms with Gasteiger partial charge < -0.3 is 14.4 Å². The fourth-order valence-corrected chi connectivity index (χ4v) is 2.23. The van der Waals surface area contributed by atoms with E-state index in [1.54, 1.807) is 0 Å². The average molecular weight is 296 g/mol. The Morgan fingerprint density at radius 1 is 1.24 bits per heavy atom. The first-order chi connectivity index (χ1) is 10.3. The molecule has 1 aliphatic rings. The monoisotopic (exact) mass is 296 g/mol. The first kappa shape index (κ1) is 15.7. The van der Waals surface area contributed by atoms with Gasteiger partial charge in [0.15, 0.2) is 0 Å². The molecule has 0 amide bonds. The molecule has 1 aliphatic heterocycles. The van der Waals surface area contributed by atoms with Gasteiger partial charge in [0, 0.05) is 26.3 Å². The summed E-state index contributed by atoms with van der Waals surface area (Å²) in [7, 11) is 0. The number of nitrogens with one attached hydrogen (secondary N) is 1. The second-order valence-electron chi connectivity index (χ2n) is 4.92. The van der Waals surface area contributed by atoms with Crippen LogP contribution < -0.4 is 20.9 Å². The van der Waals surface area contributed by atoms with Crippen molar-refractivity contribution >= 4 is 11.9 Å². The van der Waals surface area contributed by atoms with Crippen LogP contribution in [-0.2, 0) is 4.74 Å². The molecule has 8 heteroatoms. The van der Waals surface area contributed by atoms with Crippen LogP contribution in [-0.4, -0.2) is 47.9 Å². The lowest BCUT2D eigenvalue weighted by atomic mass is 10.0. The molecule has 0 bridgehead atoms. The molecular formula is C13H24N6O2. The zero-order chi connectivity index (χ0) is 15.1. The van der Waals surface area contributed by atoms with Gasteiger partial charge in [-0.15, -0.1) is 0 Å². The van der Waals surface area contributed by atoms with Gasteiger partial charge in [0.1, 0.15) is 0 Å². The van der Waals surface area contributed by atoms with Gasteiger partial charge in [-0.25, -0.2) is 5.84 Å². The third-order valence-electron chi connectivity index (χ3n) is 3.57. The summed E-state index contributed by atoms with van der Waals surface area (Å²) in [5.74, 6) is 6.79. The van der Waals surface area contributed by atoms with E-state index in [1.807, 2.05) is 18.7 Å². The minimum absolute atomic E-state index is 0.311. The number of nitrogen functional groups attached to an aromatic ring is 1. The zero-order valence-corrected chi connectivity index (χ0v) is 12.7. The first-order valence-electron chi connectivity index (χ1n) is 7.45. The highest BCUT2D eigenvalue weighted by Gasteiger charge is 2.16. The zero-order valence-electron chi connectivity index (χ0n) is 12.7. The summed E-state index contributed by atoms with van der Waals surface area (Å²) in [6.45, 7) is 7.90. The van der Waals surface area contributed by atoms with Crippen LogP contribution in [0.15, 0.2) is 0 Å². The summed E-state index contributed by atoms with van der Waals surface area (Å²) in [4.78, 5) is 14.8. The Morgan fingerprint density at radius 2 is 1.95 bits per heavy atom. The standard InChI is InChI=1S/C13H24N6O2/c1-3-19(4-2)12-15-11(18-14)16-13(17-12)21-9-10-5-7-20-8-6-10/h10H,3-9,14H2,1-2H3,(H,15,16,17,18). The summed E-state index contributed by atoms with van der Waals surface area (Å²) in [5.41, 5.74) is 2.46. The Kier molecular flexibility index (Phi) is 5.94. The SMILES string of the molecule is CCN(CC)c1nc(NN)nc(OCC2CCOCC2)n1. The minimum atomic E-state index is 0.311. The molecule has 1 aromatic rings. The summed E-state index contributed by atoms with van der Waals surface area (Å²) in [5, 5.41) is 0. The van der Waals surface area contributed by atoms with E-state index in [0.29, 0.717) is 30.4 Å². The number of hydrazine groups is 1. The van der Waals surface area contributed by atoms with Crippen LogP contribution in [0.2, 0.25) is 0 Å². The predicted octanol–water partition coefficient (Wildman–Crippen LogP) is 0.809. The van der Waals surface area contributed by atoms with Crippen LogP contribution in [0.1, 0.15) is 26.7 Å². The second-order valence-corrected chi connectivity index (χ2v) is 4.92. The highest BCUT2D eigenvalue weighted by Crippen LogP contribution is 2.18. The fourth-order valence-electron chi connectivity index (χ4n) is 2.23. The molecular weight excluding hydrogens is 272 g/mol. The molecule has 2 rings (SSSR count). The molecule has 3 N–H and O–H groups in total. The fraction of sp³-hybridized carbons (Fsp3) is 0.769. The van der Waals surface area contributed by atoms with E-state index in [4.69, 9.17) is 15.3 Å². The first-order valence-corrected chi connectivity index (χ1v) is 7.45. The van der Waals surface area contributed by atoms with E-state index in [1.165, 1.54) is 0 Å². The van der Waals surface area contributed by atoms with Crippen LogP contribution in [0.3, 0.4) is 0 Å². The van der Waals surface area contributed by atoms with E-state index in [0.717, 1.165) is 39.1 Å². The molecule has 1 fully saturated rings. The molecule has 1 aromatic heterocycles. The molecule has 0 spiro atoms. The Morgan fingerprint density at radius 3 is 2.57 bits per heavy atom. The maximum atomic E-state index is 5.73. The number of aromatic nitrogens is 3. The smallest absolute Gasteiger partial charge is 0.323 e. The van der Waals surface area contributed by atoms with Gasteiger partial charge in [-0.1, -0.05) is 0 Å². The maximum Gasteiger partial charge on any atom is 0.323 e. The van der Waals surface area contributed by atoms with Crippen LogP contribution >= 0.6 is 0 Å². The van der Waals surface area contributed by atoms with E-state index < -0.39 is 0 Å². The molecule has 0 radical (unpaired) electrons. The number of nitrogens with two attached hydrogens (primary N) is 1. The number of ether oxygens (including phenoxy) is 2. The van der Waals surface area contributed by atoms with Gasteiger partial charge in [-0.05, 0) is 32.6 Å². The normalized spacial score (nSPS) is 15.8. The molecule has 0 saturated carbocycles. The Labute approximate surface area is 125 Å². The highest BCUT2D eigenvalue weighted by atomic mass is 16.5. The number of anilines is 2. The topological polar surface area (TPSA) is 98.4 Å². The van der Waals surface area contributed by atoms with Crippen LogP contribution in [0.5, 0.6) is 6.01 Å². The van der Waals surface area contributed by atoms with Gasteiger partial charge in [0.2, 0.25) is 11.9 Å². The largest absolute Gasteiger partial charge is 0.463 e. The molecule has 8 nitrogen and oxygen atoms in total. The lowest BCUT2D eigenvalue weighted by Crippen LogP contribution is -2.26. The molecule has 2 heterocycles. The van der Waals surface area contributed by atoms with Crippen molar-refractivity contribution in [2.24, 2.45) is 11.8 Å². The molecule has 1 saturated heterocycles. The van der Waals surface area contributed by atoms with Gasteiger partial charge in [-0.3, -0.25) is 5.43 Å². The summed E-state index contributed by atoms with van der Waals surface area (Å²) in [6, 6.07) is 0.311. The summed E-state index contributed by atoms with van der Waals surface area (Å²) < 4.78 is 11.1. The summed E-state index contributed by atoms with van der Waals surface area (Å²) in [6.07, 6.45) is 2.02.